The molecule has 0 radical (unpaired) electrons. The van der Waals surface area contributed by atoms with Crippen molar-refractivity contribution < 1.29 is 76.3 Å². The van der Waals surface area contributed by atoms with E-state index in [1.54, 1.807) is 72.0 Å². The summed E-state index contributed by atoms with van der Waals surface area (Å²) >= 11 is 0. The van der Waals surface area contributed by atoms with Gasteiger partial charge in [0.2, 0.25) is 10.0 Å². The number of esters is 1. The molecule has 434 valence electrons. The van der Waals surface area contributed by atoms with E-state index >= 15 is 0 Å². The molecule has 19 atom stereocenters. The third kappa shape index (κ3) is 14.1. The molecule has 5 heterocycles. The van der Waals surface area contributed by atoms with E-state index in [1.807, 2.05) is 37.7 Å². The van der Waals surface area contributed by atoms with E-state index in [9.17, 15) is 43.1 Å². The van der Waals surface area contributed by atoms with Crippen molar-refractivity contribution in [3.63, 3.8) is 0 Å². The molecule has 1 aromatic heterocycles. The molecule has 5 N–H and O–H groups in total. The van der Waals surface area contributed by atoms with Gasteiger partial charge < -0.3 is 68.5 Å². The molecule has 76 heavy (non-hydrogen) atoms. The number of aromatic nitrogens is 3. The van der Waals surface area contributed by atoms with E-state index in [0.29, 0.717) is 55.8 Å². The highest BCUT2D eigenvalue weighted by Crippen LogP contribution is 2.39. The van der Waals surface area contributed by atoms with Gasteiger partial charge in [0.15, 0.2) is 12.6 Å². The second-order valence-corrected chi connectivity index (χ2v) is 24.9. The van der Waals surface area contributed by atoms with E-state index < -0.39 is 131 Å². The number of nitrogens with zero attached hydrogens (tertiary/aromatic N) is 6. The van der Waals surface area contributed by atoms with Gasteiger partial charge >= 0.3 is 5.97 Å². The Morgan fingerprint density at radius 3 is 2.26 bits per heavy atom. The van der Waals surface area contributed by atoms with Gasteiger partial charge in [-0.15, -0.1) is 5.10 Å². The summed E-state index contributed by atoms with van der Waals surface area (Å²) in [5.74, 6) is -1.94. The number of aliphatic hydroxyl groups excluding tert-OH is 3. The van der Waals surface area contributed by atoms with Crippen LogP contribution < -0.4 is 4.31 Å². The van der Waals surface area contributed by atoms with Gasteiger partial charge in [-0.2, -0.15) is 0 Å². The lowest BCUT2D eigenvalue weighted by Gasteiger charge is -2.47. The molecule has 2 aromatic rings. The summed E-state index contributed by atoms with van der Waals surface area (Å²) in [6.07, 6.45) is -7.83. The summed E-state index contributed by atoms with van der Waals surface area (Å²) in [6.45, 7) is 15.9. The van der Waals surface area contributed by atoms with Crippen molar-refractivity contribution in [2.45, 2.75) is 210 Å². The Bertz CT molecular complexity index is 2280. The van der Waals surface area contributed by atoms with E-state index in [-0.39, 0.29) is 37.4 Å². The number of hydrogen-bond donors (Lipinski definition) is 5. The van der Waals surface area contributed by atoms with Crippen LogP contribution in [0.2, 0.25) is 0 Å². The summed E-state index contributed by atoms with van der Waals surface area (Å²) in [5.41, 5.74) is -2.85. The number of carbonyl (C=O) groups excluding carboxylic acids is 1. The first-order chi connectivity index (χ1) is 35.6. The lowest BCUT2D eigenvalue weighted by molar-refractivity contribution is -0.308. The van der Waals surface area contributed by atoms with Crippen LogP contribution in [0.4, 0.5) is 10.1 Å². The summed E-state index contributed by atoms with van der Waals surface area (Å²) in [6, 6.07) is 4.87. The molecule has 4 fully saturated rings. The third-order valence-electron chi connectivity index (χ3n) is 16.7. The monoisotopic (exact) mass is 1100 g/mol. The van der Waals surface area contributed by atoms with Crippen molar-refractivity contribution in [3.8, 4) is 0 Å². The second-order valence-electron chi connectivity index (χ2n) is 22.9. The highest BCUT2D eigenvalue weighted by Gasteiger charge is 2.51. The summed E-state index contributed by atoms with van der Waals surface area (Å²) in [5, 5.41) is 68.1. The van der Waals surface area contributed by atoms with Crippen LogP contribution in [-0.4, -0.2) is 215 Å². The quantitative estimate of drug-likeness (QED) is 0.151. The number of ether oxygens (including phenoxy) is 7. The SMILES string of the molecule is CC[C@H]1OC(=O)[C@H](C)[C@@H](O[C@H]2C[C@@](C)(OC)[C@@H](O)[C@H](C)O2)C[C@@H](O[C@@H]2O[C@H](C)C[C@H](N(C)CCc3cn([C@H](CF)[C@H](OC)c4ccc(N5CCCS5(=O)=O)cc4)nn3)[C@H]2O)[C@](C)(O)C[C@@H](C)CN(C)[C@H](C)[C@@H](O)[C@]1(C)O. The molecule has 4 saturated heterocycles. The fourth-order valence-corrected chi connectivity index (χ4v) is 13.2. The molecule has 0 unspecified atom stereocenters. The van der Waals surface area contributed by atoms with Gasteiger partial charge in [-0.05, 0) is 112 Å². The fraction of sp³-hybridized carbons (Fsp3) is 0.830. The second kappa shape index (κ2) is 25.6. The number of sulfonamides is 1. The van der Waals surface area contributed by atoms with Gasteiger partial charge in [-0.25, -0.2) is 17.5 Å². The Hall–Kier alpha value is -3.01. The minimum Gasteiger partial charge on any atom is -0.459 e. The Balaban J connectivity index is 1.23. The molecule has 1 aromatic carbocycles. The normalized spacial score (nSPS) is 39.3. The van der Waals surface area contributed by atoms with Crippen LogP contribution >= 0.6 is 0 Å². The Morgan fingerprint density at radius 2 is 1.66 bits per heavy atom. The number of alkyl halides is 1. The van der Waals surface area contributed by atoms with Crippen molar-refractivity contribution in [3.05, 3.63) is 41.7 Å². The van der Waals surface area contributed by atoms with Gasteiger partial charge in [-0.1, -0.05) is 31.2 Å². The van der Waals surface area contributed by atoms with Gasteiger partial charge in [0.05, 0.1) is 58.7 Å². The van der Waals surface area contributed by atoms with Crippen molar-refractivity contribution in [1.29, 1.82) is 0 Å². The summed E-state index contributed by atoms with van der Waals surface area (Å²) in [4.78, 5) is 18.2. The lowest BCUT2D eigenvalue weighted by atomic mass is 9.83. The van der Waals surface area contributed by atoms with E-state index in [4.69, 9.17) is 33.2 Å². The topological polar surface area (TPSA) is 257 Å². The van der Waals surface area contributed by atoms with Crippen LogP contribution in [0.15, 0.2) is 30.5 Å². The molecule has 21 nitrogen and oxygen atoms in total. The highest BCUT2D eigenvalue weighted by atomic mass is 32.2. The lowest BCUT2D eigenvalue weighted by Crippen LogP contribution is -2.59. The maximum Gasteiger partial charge on any atom is 0.311 e. The molecule has 4 aliphatic rings. The minimum absolute atomic E-state index is 0.0794. The number of methoxy groups -OCH3 is 2. The number of benzene rings is 1. The number of carbonyl (C=O) groups is 1. The van der Waals surface area contributed by atoms with Crippen molar-refractivity contribution >= 4 is 21.7 Å². The average Bonchev–Trinajstić information content (AvgIpc) is 3.99. The first-order valence-corrected chi connectivity index (χ1v) is 28.6. The largest absolute Gasteiger partial charge is 0.459 e. The number of anilines is 1. The number of likely N-dealkylation sites (N-methyl/N-ethyl adjacent to an activating group) is 2. The fourth-order valence-electron chi connectivity index (χ4n) is 11.7. The predicted octanol–water partition coefficient (Wildman–Crippen LogP) is 3.30. The molecular formula is C53H89FN6O15S. The number of hydrogen-bond acceptors (Lipinski definition) is 19. The van der Waals surface area contributed by atoms with Gasteiger partial charge in [0, 0.05) is 71.4 Å². The standard InChI is InChI=1S/C53H89FN6O15S/c1-14-42-53(9,66)47(62)34(5)58(11)29-31(2)26-51(7,65)43(25-41(33(4)49(64)74-42)73-44-27-52(8,70-13)48(63)35(6)72-44)75-50-45(61)39(24-32(3)71-50)57(10)22-20-37-30-59(56-55-37)40(28-54)46(69-12)36-16-18-38(19-17-36)60-21-15-23-76(60,67)68/h16-19,30-35,39-48,50,61-63,65-66H,14-15,20-29H2,1-13H3/t31-,32-,33-,34-,35+,39+,40-,41+,42-,43-,44+,45-,46-,47-,48+,50+,51-,52-,53-/m1/s1. The minimum atomic E-state index is -3.37. The molecule has 0 spiro atoms. The van der Waals surface area contributed by atoms with E-state index in [1.165, 1.54) is 30.1 Å². The third-order valence-corrected chi connectivity index (χ3v) is 18.6. The van der Waals surface area contributed by atoms with E-state index in [0.717, 1.165) is 0 Å². The van der Waals surface area contributed by atoms with Crippen LogP contribution in [0.1, 0.15) is 124 Å². The van der Waals surface area contributed by atoms with Crippen LogP contribution in [0, 0.1) is 11.8 Å². The van der Waals surface area contributed by atoms with Crippen LogP contribution in [-0.2, 0) is 54.4 Å². The highest BCUT2D eigenvalue weighted by molar-refractivity contribution is 7.93. The summed E-state index contributed by atoms with van der Waals surface area (Å²) < 4.78 is 86.4. The molecule has 0 amide bonds. The zero-order chi connectivity index (χ0) is 56.2. The molecule has 6 rings (SSSR count). The zero-order valence-electron chi connectivity index (χ0n) is 46.9. The number of rotatable bonds is 16. The van der Waals surface area contributed by atoms with E-state index in [2.05, 4.69) is 10.3 Å². The van der Waals surface area contributed by atoms with Gasteiger partial charge in [-0.3, -0.25) is 9.10 Å². The van der Waals surface area contributed by atoms with Crippen molar-refractivity contribution in [2.75, 3.05) is 64.7 Å². The zero-order valence-corrected chi connectivity index (χ0v) is 47.7. The maximum atomic E-state index is 14.9. The first-order valence-electron chi connectivity index (χ1n) is 27.0. The molecule has 23 heteroatoms. The molecule has 4 aliphatic heterocycles. The molecule has 0 saturated carbocycles. The van der Waals surface area contributed by atoms with Crippen LogP contribution in [0.5, 0.6) is 0 Å². The van der Waals surface area contributed by atoms with Crippen LogP contribution in [0.25, 0.3) is 0 Å². The molecular weight excluding hydrogens is 1010 g/mol. The number of cyclic esters (lactones) is 1. The Morgan fingerprint density at radius 1 is 0.974 bits per heavy atom. The predicted molar refractivity (Wildman–Crippen MR) is 279 cm³/mol. The molecule has 0 aliphatic carbocycles. The number of halogens is 1. The Kier molecular flexibility index (Phi) is 21.0. The number of aliphatic hydroxyl groups is 5. The first kappa shape index (κ1) is 62.2. The summed E-state index contributed by atoms with van der Waals surface area (Å²) in [7, 11) is 3.26. The van der Waals surface area contributed by atoms with Gasteiger partial charge in [0.1, 0.15) is 48.8 Å². The molecule has 0 bridgehead atoms. The smallest absolute Gasteiger partial charge is 0.311 e. The van der Waals surface area contributed by atoms with Crippen molar-refractivity contribution in [2.24, 2.45) is 11.8 Å². The maximum absolute atomic E-state index is 14.9. The average molecular weight is 1100 g/mol. The van der Waals surface area contributed by atoms with Crippen LogP contribution in [0.3, 0.4) is 0 Å². The van der Waals surface area contributed by atoms with Gasteiger partial charge in [0.25, 0.3) is 0 Å². The Labute approximate surface area is 449 Å². The van der Waals surface area contributed by atoms with Crippen molar-refractivity contribution in [1.82, 2.24) is 24.8 Å².